The van der Waals surface area contributed by atoms with Crippen molar-refractivity contribution in [2.45, 2.75) is 64.0 Å². The molecule has 1 saturated carbocycles. The Bertz CT molecular complexity index is 339. The molecular weight excluding hydrogens is 222 g/mol. The Hall–Kier alpha value is -1.02. The number of ether oxygens (including phenoxy) is 1. The van der Waals surface area contributed by atoms with Crippen molar-refractivity contribution in [3.05, 3.63) is 29.8 Å². The average molecular weight is 247 g/mol. The van der Waals surface area contributed by atoms with Crippen LogP contribution < -0.4 is 10.5 Å². The highest BCUT2D eigenvalue weighted by molar-refractivity contribution is 5.29. The van der Waals surface area contributed by atoms with Gasteiger partial charge in [0.05, 0.1) is 6.10 Å². The molecule has 0 aliphatic heterocycles. The second-order valence-corrected chi connectivity index (χ2v) is 5.32. The third-order valence-electron chi connectivity index (χ3n) is 3.85. The van der Waals surface area contributed by atoms with Crippen LogP contribution >= 0.6 is 0 Å². The van der Waals surface area contributed by atoms with Gasteiger partial charge in [0.1, 0.15) is 5.75 Å². The topological polar surface area (TPSA) is 35.2 Å². The number of hydrogen-bond acceptors (Lipinski definition) is 2. The van der Waals surface area contributed by atoms with E-state index in [4.69, 9.17) is 10.5 Å². The lowest BCUT2D eigenvalue weighted by molar-refractivity contribution is 0.183. The average Bonchev–Trinajstić information content (AvgIpc) is 2.67. The predicted octanol–water partition coefficient (Wildman–Crippen LogP) is 4.20. The van der Waals surface area contributed by atoms with Gasteiger partial charge in [-0.3, -0.25) is 0 Å². The van der Waals surface area contributed by atoms with Gasteiger partial charge < -0.3 is 10.5 Å². The molecule has 1 aliphatic rings. The monoisotopic (exact) mass is 247 g/mol. The molecule has 0 amide bonds. The van der Waals surface area contributed by atoms with Gasteiger partial charge in [-0.25, -0.2) is 0 Å². The van der Waals surface area contributed by atoms with E-state index in [1.807, 2.05) is 0 Å². The minimum Gasteiger partial charge on any atom is -0.490 e. The number of nitrogens with two attached hydrogens (primary N) is 1. The van der Waals surface area contributed by atoms with Crippen LogP contribution in [-0.4, -0.2) is 6.10 Å². The molecule has 2 N–H and O–H groups in total. The number of benzene rings is 1. The van der Waals surface area contributed by atoms with E-state index in [1.165, 1.54) is 44.1 Å². The summed E-state index contributed by atoms with van der Waals surface area (Å²) in [5.74, 6) is 0.994. The molecule has 2 nitrogen and oxygen atoms in total. The Labute approximate surface area is 111 Å². The summed E-state index contributed by atoms with van der Waals surface area (Å²) in [6.45, 7) is 2.11. The summed E-state index contributed by atoms with van der Waals surface area (Å²) in [6.07, 6.45) is 9.15. The fourth-order valence-electron chi connectivity index (χ4n) is 2.58. The van der Waals surface area contributed by atoms with E-state index in [9.17, 15) is 0 Å². The molecule has 100 valence electrons. The van der Waals surface area contributed by atoms with Crippen LogP contribution in [0.5, 0.6) is 5.75 Å². The summed E-state index contributed by atoms with van der Waals surface area (Å²) in [4.78, 5) is 0. The zero-order valence-corrected chi connectivity index (χ0v) is 11.4. The van der Waals surface area contributed by atoms with E-state index in [2.05, 4.69) is 31.2 Å². The quantitative estimate of drug-likeness (QED) is 0.809. The highest BCUT2D eigenvalue weighted by atomic mass is 16.5. The first kappa shape index (κ1) is 13.4. The first-order chi connectivity index (χ1) is 8.79. The van der Waals surface area contributed by atoms with E-state index < -0.39 is 0 Å². The van der Waals surface area contributed by atoms with Gasteiger partial charge in [0.2, 0.25) is 0 Å². The molecule has 0 heterocycles. The number of rotatable bonds is 4. The maximum Gasteiger partial charge on any atom is 0.119 e. The summed E-state index contributed by atoms with van der Waals surface area (Å²) in [5, 5.41) is 0. The van der Waals surface area contributed by atoms with E-state index in [0.717, 1.165) is 12.2 Å². The smallest absolute Gasteiger partial charge is 0.119 e. The lowest BCUT2D eigenvalue weighted by Gasteiger charge is -2.17. The minimum atomic E-state index is 0.150. The Balaban J connectivity index is 1.92. The van der Waals surface area contributed by atoms with E-state index >= 15 is 0 Å². The van der Waals surface area contributed by atoms with Crippen LogP contribution in [0.15, 0.2) is 24.3 Å². The fourth-order valence-corrected chi connectivity index (χ4v) is 2.58. The first-order valence-corrected chi connectivity index (χ1v) is 7.32. The van der Waals surface area contributed by atoms with Crippen LogP contribution in [-0.2, 0) is 0 Å². The summed E-state index contributed by atoms with van der Waals surface area (Å²) in [5.41, 5.74) is 7.21. The van der Waals surface area contributed by atoms with Crippen molar-refractivity contribution in [2.24, 2.45) is 5.73 Å². The summed E-state index contributed by atoms with van der Waals surface area (Å²) in [7, 11) is 0. The Kier molecular flexibility index (Phi) is 5.06. The number of hydrogen-bond donors (Lipinski definition) is 1. The van der Waals surface area contributed by atoms with E-state index in [0.29, 0.717) is 6.10 Å². The van der Waals surface area contributed by atoms with Crippen molar-refractivity contribution < 1.29 is 4.74 Å². The molecule has 1 unspecified atom stereocenters. The van der Waals surface area contributed by atoms with Crippen molar-refractivity contribution >= 4 is 0 Å². The standard InChI is InChI=1S/C16H25NO/c1-2-16(17)13-9-11-15(12-10-13)18-14-7-5-3-4-6-8-14/h9-12,14,16H,2-8,17H2,1H3. The SMILES string of the molecule is CCC(N)c1ccc(OC2CCCCCC2)cc1. The Morgan fingerprint density at radius 2 is 1.72 bits per heavy atom. The summed E-state index contributed by atoms with van der Waals surface area (Å²) < 4.78 is 6.06. The maximum absolute atomic E-state index is 6.06. The van der Waals surface area contributed by atoms with Gasteiger partial charge in [0.25, 0.3) is 0 Å². The van der Waals surface area contributed by atoms with Crippen molar-refractivity contribution in [1.82, 2.24) is 0 Å². The summed E-state index contributed by atoms with van der Waals surface area (Å²) >= 11 is 0. The molecule has 0 bridgehead atoms. The third-order valence-corrected chi connectivity index (χ3v) is 3.85. The third kappa shape index (κ3) is 3.74. The lowest BCUT2D eigenvalue weighted by Crippen LogP contribution is -2.15. The van der Waals surface area contributed by atoms with Crippen LogP contribution in [0.2, 0.25) is 0 Å². The molecule has 1 aromatic rings. The molecule has 0 radical (unpaired) electrons. The normalized spacial score (nSPS) is 19.2. The predicted molar refractivity (Wildman–Crippen MR) is 75.8 cm³/mol. The van der Waals surface area contributed by atoms with Crippen LogP contribution in [0.1, 0.15) is 63.5 Å². The molecule has 1 aliphatic carbocycles. The second-order valence-electron chi connectivity index (χ2n) is 5.32. The molecule has 1 fully saturated rings. The van der Waals surface area contributed by atoms with Gasteiger partial charge in [-0.15, -0.1) is 0 Å². The molecule has 18 heavy (non-hydrogen) atoms. The fraction of sp³-hybridized carbons (Fsp3) is 0.625. The van der Waals surface area contributed by atoms with Crippen LogP contribution in [0.3, 0.4) is 0 Å². The molecule has 2 heteroatoms. The van der Waals surface area contributed by atoms with Crippen molar-refractivity contribution in [3.63, 3.8) is 0 Å². The molecule has 1 aromatic carbocycles. The minimum absolute atomic E-state index is 0.150. The van der Waals surface area contributed by atoms with Gasteiger partial charge >= 0.3 is 0 Å². The molecule has 2 rings (SSSR count). The van der Waals surface area contributed by atoms with Crippen LogP contribution in [0.25, 0.3) is 0 Å². The Morgan fingerprint density at radius 1 is 1.11 bits per heavy atom. The van der Waals surface area contributed by atoms with Gasteiger partial charge in [-0.05, 0) is 49.8 Å². The zero-order chi connectivity index (χ0) is 12.8. The van der Waals surface area contributed by atoms with Crippen molar-refractivity contribution in [1.29, 1.82) is 0 Å². The van der Waals surface area contributed by atoms with Gasteiger partial charge in [-0.2, -0.15) is 0 Å². The van der Waals surface area contributed by atoms with E-state index in [-0.39, 0.29) is 6.04 Å². The van der Waals surface area contributed by atoms with Crippen molar-refractivity contribution in [2.75, 3.05) is 0 Å². The summed E-state index contributed by atoms with van der Waals surface area (Å²) in [6, 6.07) is 8.48. The maximum atomic E-state index is 6.06. The molecule has 0 saturated heterocycles. The van der Waals surface area contributed by atoms with Crippen LogP contribution in [0, 0.1) is 0 Å². The molecular formula is C16H25NO. The van der Waals surface area contributed by atoms with E-state index in [1.54, 1.807) is 0 Å². The highest BCUT2D eigenvalue weighted by Crippen LogP contribution is 2.24. The largest absolute Gasteiger partial charge is 0.490 e. The first-order valence-electron chi connectivity index (χ1n) is 7.32. The van der Waals surface area contributed by atoms with Crippen LogP contribution in [0.4, 0.5) is 0 Å². The van der Waals surface area contributed by atoms with Gasteiger partial charge in [-0.1, -0.05) is 31.9 Å². The zero-order valence-electron chi connectivity index (χ0n) is 11.4. The van der Waals surface area contributed by atoms with Gasteiger partial charge in [0.15, 0.2) is 0 Å². The lowest BCUT2D eigenvalue weighted by atomic mass is 10.1. The highest BCUT2D eigenvalue weighted by Gasteiger charge is 2.13. The Morgan fingerprint density at radius 3 is 2.28 bits per heavy atom. The molecule has 1 atom stereocenters. The second kappa shape index (κ2) is 6.79. The molecule has 0 aromatic heterocycles. The van der Waals surface area contributed by atoms with Gasteiger partial charge in [0, 0.05) is 6.04 Å². The van der Waals surface area contributed by atoms with Crippen molar-refractivity contribution in [3.8, 4) is 5.75 Å². The molecule has 0 spiro atoms.